The Hall–Kier alpha value is -2.21. The van der Waals surface area contributed by atoms with Crippen LogP contribution in [0.5, 0.6) is 0 Å². The molecule has 0 aromatic carbocycles. The molecular weight excluding hydrogens is 302 g/mol. The number of nitrogens with zero attached hydrogens (tertiary/aromatic N) is 4. The first-order valence-electron chi connectivity index (χ1n) is 8.58. The Morgan fingerprint density at radius 2 is 2.17 bits per heavy atom. The van der Waals surface area contributed by atoms with Crippen LogP contribution in [-0.2, 0) is 6.54 Å². The van der Waals surface area contributed by atoms with Gasteiger partial charge >= 0.3 is 0 Å². The highest BCUT2D eigenvalue weighted by atomic mass is 16.3. The van der Waals surface area contributed by atoms with Crippen molar-refractivity contribution in [2.24, 2.45) is 0 Å². The van der Waals surface area contributed by atoms with Crippen molar-refractivity contribution in [2.45, 2.75) is 45.3 Å². The predicted molar refractivity (Wildman–Crippen MR) is 95.1 cm³/mol. The van der Waals surface area contributed by atoms with Gasteiger partial charge in [0.15, 0.2) is 0 Å². The minimum atomic E-state index is -0.268. The quantitative estimate of drug-likeness (QED) is 0.879. The summed E-state index contributed by atoms with van der Waals surface area (Å²) in [6.45, 7) is 6.42. The van der Waals surface area contributed by atoms with Crippen molar-refractivity contribution in [3.8, 4) is 0 Å². The number of β-amino-alcohol motifs (C(OH)–C–C–N with tert-alkyl or cyclic N) is 1. The first kappa shape index (κ1) is 16.6. The van der Waals surface area contributed by atoms with E-state index in [0.717, 1.165) is 42.3 Å². The number of nitrogens with one attached hydrogen (secondary N) is 1. The molecule has 1 atom stereocenters. The number of piperidine rings is 1. The van der Waals surface area contributed by atoms with E-state index in [9.17, 15) is 5.11 Å². The van der Waals surface area contributed by atoms with Gasteiger partial charge in [-0.25, -0.2) is 4.98 Å². The van der Waals surface area contributed by atoms with Crippen molar-refractivity contribution < 1.29 is 5.11 Å². The van der Waals surface area contributed by atoms with Gasteiger partial charge in [0.2, 0.25) is 0 Å². The molecule has 1 aliphatic rings. The maximum atomic E-state index is 9.91. The molecule has 0 bridgehead atoms. The number of aromatic nitrogens is 3. The Morgan fingerprint density at radius 3 is 2.88 bits per heavy atom. The lowest BCUT2D eigenvalue weighted by molar-refractivity contribution is 0.154. The van der Waals surface area contributed by atoms with Crippen LogP contribution >= 0.6 is 0 Å². The molecule has 2 aromatic heterocycles. The van der Waals surface area contributed by atoms with Gasteiger partial charge in [-0.15, -0.1) is 5.10 Å². The summed E-state index contributed by atoms with van der Waals surface area (Å²) in [5, 5.41) is 21.7. The van der Waals surface area contributed by atoms with Gasteiger partial charge in [-0.05, 0) is 37.0 Å². The van der Waals surface area contributed by atoms with E-state index in [1.807, 2.05) is 18.2 Å². The third kappa shape index (κ3) is 4.00. The van der Waals surface area contributed by atoms with Gasteiger partial charge in [0.05, 0.1) is 11.8 Å². The van der Waals surface area contributed by atoms with Crippen molar-refractivity contribution in [3.63, 3.8) is 0 Å². The molecule has 1 aliphatic heterocycles. The van der Waals surface area contributed by atoms with E-state index in [2.05, 4.69) is 45.3 Å². The number of aliphatic hydroxyl groups excluding tert-OH is 1. The molecule has 3 heterocycles. The molecule has 128 valence electrons. The molecule has 1 fully saturated rings. The van der Waals surface area contributed by atoms with Crippen LogP contribution in [-0.4, -0.2) is 39.5 Å². The number of pyridine rings is 1. The van der Waals surface area contributed by atoms with Crippen LogP contribution in [0.25, 0.3) is 0 Å². The Morgan fingerprint density at radius 1 is 1.29 bits per heavy atom. The normalized spacial score (nSPS) is 18.0. The largest absolute Gasteiger partial charge is 0.391 e. The Balaban J connectivity index is 1.69. The highest BCUT2D eigenvalue weighted by molar-refractivity contribution is 5.49. The second kappa shape index (κ2) is 7.57. The molecule has 2 N–H and O–H groups in total. The van der Waals surface area contributed by atoms with Crippen molar-refractivity contribution in [2.75, 3.05) is 23.3 Å². The summed E-state index contributed by atoms with van der Waals surface area (Å²) in [4.78, 5) is 6.69. The molecule has 6 heteroatoms. The summed E-state index contributed by atoms with van der Waals surface area (Å²) in [7, 11) is 0. The summed E-state index contributed by atoms with van der Waals surface area (Å²) in [5.74, 6) is 2.07. The highest BCUT2D eigenvalue weighted by Gasteiger charge is 2.20. The van der Waals surface area contributed by atoms with Gasteiger partial charge in [-0.2, -0.15) is 5.10 Å². The zero-order valence-electron chi connectivity index (χ0n) is 14.3. The van der Waals surface area contributed by atoms with Crippen molar-refractivity contribution in [1.82, 2.24) is 15.2 Å². The monoisotopic (exact) mass is 327 g/mol. The fourth-order valence-electron chi connectivity index (χ4n) is 2.93. The molecule has 2 aromatic rings. The lowest BCUT2D eigenvalue weighted by Crippen LogP contribution is -2.39. The summed E-state index contributed by atoms with van der Waals surface area (Å²) in [5.41, 5.74) is 2.09. The van der Waals surface area contributed by atoms with E-state index >= 15 is 0 Å². The van der Waals surface area contributed by atoms with Gasteiger partial charge in [0.25, 0.3) is 0 Å². The topological polar surface area (TPSA) is 74.2 Å². The average Bonchev–Trinajstić information content (AvgIpc) is 2.60. The van der Waals surface area contributed by atoms with Crippen LogP contribution < -0.4 is 10.2 Å². The second-order valence-electron chi connectivity index (χ2n) is 6.58. The maximum Gasteiger partial charge on any atom is 0.148 e. The maximum absolute atomic E-state index is 9.91. The molecule has 0 amide bonds. The van der Waals surface area contributed by atoms with Crippen LogP contribution in [0, 0.1) is 0 Å². The number of hydrogen-bond acceptors (Lipinski definition) is 6. The van der Waals surface area contributed by atoms with Gasteiger partial charge in [0, 0.05) is 31.4 Å². The lowest BCUT2D eigenvalue weighted by atomic mass is 10.1. The minimum absolute atomic E-state index is 0.268. The fourth-order valence-corrected chi connectivity index (χ4v) is 2.93. The summed E-state index contributed by atoms with van der Waals surface area (Å²) < 4.78 is 0. The molecule has 0 unspecified atom stereocenters. The van der Waals surface area contributed by atoms with Crippen LogP contribution in [0.3, 0.4) is 0 Å². The Kier molecular flexibility index (Phi) is 5.25. The predicted octanol–water partition coefficient (Wildman–Crippen LogP) is 2.57. The van der Waals surface area contributed by atoms with E-state index in [0.29, 0.717) is 19.0 Å². The standard InChI is InChI=1S/C18H25N5O/c1-13(2)16-7-8-17(22-21-16)20-11-14-5-3-9-19-18(14)23-10-4-6-15(24)12-23/h3,5,7-9,13,15,24H,4,6,10-12H2,1-2H3,(H,20,22)/t15-/m1/s1. The van der Waals surface area contributed by atoms with Gasteiger partial charge in [0.1, 0.15) is 11.6 Å². The molecule has 0 radical (unpaired) electrons. The van der Waals surface area contributed by atoms with E-state index in [1.54, 1.807) is 6.20 Å². The van der Waals surface area contributed by atoms with Crippen LogP contribution in [0.15, 0.2) is 30.5 Å². The van der Waals surface area contributed by atoms with Crippen molar-refractivity contribution in [3.05, 3.63) is 41.7 Å². The third-order valence-corrected chi connectivity index (χ3v) is 4.30. The SMILES string of the molecule is CC(C)c1ccc(NCc2cccnc2N2CCC[C@@H](O)C2)nn1. The number of anilines is 2. The van der Waals surface area contributed by atoms with E-state index in [4.69, 9.17) is 0 Å². The van der Waals surface area contributed by atoms with Crippen LogP contribution in [0.2, 0.25) is 0 Å². The van der Waals surface area contributed by atoms with Crippen molar-refractivity contribution >= 4 is 11.6 Å². The van der Waals surface area contributed by atoms with Crippen LogP contribution in [0.4, 0.5) is 11.6 Å². The van der Waals surface area contributed by atoms with E-state index < -0.39 is 0 Å². The molecule has 3 rings (SSSR count). The average molecular weight is 327 g/mol. The third-order valence-electron chi connectivity index (χ3n) is 4.30. The smallest absolute Gasteiger partial charge is 0.148 e. The van der Waals surface area contributed by atoms with Gasteiger partial charge < -0.3 is 15.3 Å². The lowest BCUT2D eigenvalue weighted by Gasteiger charge is -2.32. The summed E-state index contributed by atoms with van der Waals surface area (Å²) in [6, 6.07) is 7.97. The number of hydrogen-bond donors (Lipinski definition) is 2. The van der Waals surface area contributed by atoms with E-state index in [1.165, 1.54) is 0 Å². The Labute approximate surface area is 142 Å². The molecule has 6 nitrogen and oxygen atoms in total. The van der Waals surface area contributed by atoms with Gasteiger partial charge in [-0.1, -0.05) is 19.9 Å². The van der Waals surface area contributed by atoms with Crippen molar-refractivity contribution in [1.29, 1.82) is 0 Å². The molecule has 24 heavy (non-hydrogen) atoms. The molecule has 0 saturated carbocycles. The first-order chi connectivity index (χ1) is 11.6. The Bertz CT molecular complexity index is 659. The van der Waals surface area contributed by atoms with E-state index in [-0.39, 0.29) is 6.10 Å². The molecular formula is C18H25N5O. The zero-order chi connectivity index (χ0) is 16.9. The molecule has 1 saturated heterocycles. The minimum Gasteiger partial charge on any atom is -0.391 e. The summed E-state index contributed by atoms with van der Waals surface area (Å²) in [6.07, 6.45) is 3.40. The zero-order valence-corrected chi connectivity index (χ0v) is 14.3. The highest BCUT2D eigenvalue weighted by Crippen LogP contribution is 2.22. The molecule has 0 spiro atoms. The number of aliphatic hydroxyl groups is 1. The first-order valence-corrected chi connectivity index (χ1v) is 8.58. The molecule has 0 aliphatic carbocycles. The fraction of sp³-hybridized carbons (Fsp3) is 0.500. The van der Waals surface area contributed by atoms with Gasteiger partial charge in [-0.3, -0.25) is 0 Å². The van der Waals surface area contributed by atoms with Crippen LogP contribution in [0.1, 0.15) is 43.9 Å². The summed E-state index contributed by atoms with van der Waals surface area (Å²) >= 11 is 0. The number of rotatable bonds is 5. The second-order valence-corrected chi connectivity index (χ2v) is 6.58.